The Labute approximate surface area is 158 Å². The van der Waals surface area contributed by atoms with Crippen molar-refractivity contribution in [2.45, 2.75) is 85.2 Å². The highest BCUT2D eigenvalue weighted by atomic mass is 28.3. The third kappa shape index (κ3) is 3.17. The van der Waals surface area contributed by atoms with Gasteiger partial charge in [-0.1, -0.05) is 86.7 Å². The molecule has 1 radical (unpaired) electrons. The maximum atomic E-state index is 3.94. The number of hydrogen-bond donors (Lipinski definition) is 0. The van der Waals surface area contributed by atoms with Crippen LogP contribution in [0.25, 0.3) is 0 Å². The van der Waals surface area contributed by atoms with E-state index in [9.17, 15) is 0 Å². The van der Waals surface area contributed by atoms with Crippen molar-refractivity contribution in [3.8, 4) is 0 Å². The number of allylic oxidation sites excluding steroid dienone is 4. The third-order valence-corrected chi connectivity index (χ3v) is 15.4. The Morgan fingerprint density at radius 3 is 1.80 bits per heavy atom. The summed E-state index contributed by atoms with van der Waals surface area (Å²) in [6.45, 7) is 26.5. The fourth-order valence-corrected chi connectivity index (χ4v) is 10.6. The summed E-state index contributed by atoms with van der Waals surface area (Å²) in [5.74, 6) is 0. The molecule has 2 rings (SSSR count). The Morgan fingerprint density at radius 1 is 0.880 bits per heavy atom. The predicted octanol–water partition coefficient (Wildman–Crippen LogP) is 6.10. The summed E-state index contributed by atoms with van der Waals surface area (Å²) in [6, 6.07) is 7.49. The SMILES string of the molecule is CC1=[C]C(C)([Si](C)(c2cc(C)cc([Si](C)(C)C)c2)C(C)C)C(C)=C1C. The molecule has 0 aliphatic heterocycles. The molecular formula is C23H37Si2. The lowest BCUT2D eigenvalue weighted by Gasteiger charge is -2.46. The zero-order valence-corrected chi connectivity index (χ0v) is 20.3. The fraction of sp³-hybridized carbons (Fsp3) is 0.565. The Bertz CT molecular complexity index is 746. The lowest BCUT2D eigenvalue weighted by Crippen LogP contribution is -2.58. The minimum absolute atomic E-state index is 0.0832. The van der Waals surface area contributed by atoms with Gasteiger partial charge in [-0.25, -0.2) is 0 Å². The molecule has 2 heteroatoms. The molecule has 0 heterocycles. The van der Waals surface area contributed by atoms with Crippen molar-refractivity contribution < 1.29 is 0 Å². The molecule has 1 aliphatic carbocycles. The highest BCUT2D eigenvalue weighted by Gasteiger charge is 2.52. The van der Waals surface area contributed by atoms with Gasteiger partial charge >= 0.3 is 0 Å². The zero-order valence-electron chi connectivity index (χ0n) is 18.3. The van der Waals surface area contributed by atoms with Gasteiger partial charge in [-0.15, -0.1) is 0 Å². The molecule has 1 aromatic carbocycles. The smallest absolute Gasteiger partial charge is 0.0656 e. The van der Waals surface area contributed by atoms with Gasteiger partial charge in [-0.05, 0) is 50.5 Å². The minimum atomic E-state index is -1.85. The van der Waals surface area contributed by atoms with E-state index < -0.39 is 16.1 Å². The van der Waals surface area contributed by atoms with Crippen LogP contribution in [0.5, 0.6) is 0 Å². The summed E-state index contributed by atoms with van der Waals surface area (Å²) in [5.41, 5.74) is 6.45. The Balaban J connectivity index is 2.78. The molecule has 0 nitrogen and oxygen atoms in total. The molecule has 0 saturated heterocycles. The van der Waals surface area contributed by atoms with Gasteiger partial charge in [0.15, 0.2) is 0 Å². The number of aryl methyl sites for hydroxylation is 1. The van der Waals surface area contributed by atoms with Crippen LogP contribution in [0.1, 0.15) is 47.1 Å². The molecule has 1 aliphatic rings. The van der Waals surface area contributed by atoms with Crippen LogP contribution in [0.2, 0.25) is 36.8 Å². The van der Waals surface area contributed by atoms with E-state index in [2.05, 4.69) is 98.9 Å². The van der Waals surface area contributed by atoms with Gasteiger partial charge in [0, 0.05) is 5.04 Å². The van der Waals surface area contributed by atoms with Crippen molar-refractivity contribution >= 4 is 26.5 Å². The van der Waals surface area contributed by atoms with Crippen molar-refractivity contribution in [2.75, 3.05) is 0 Å². The topological polar surface area (TPSA) is 0 Å². The number of hydrogen-bond acceptors (Lipinski definition) is 0. The molecule has 0 bridgehead atoms. The van der Waals surface area contributed by atoms with E-state index in [1.165, 1.54) is 16.7 Å². The van der Waals surface area contributed by atoms with Crippen molar-refractivity contribution in [1.82, 2.24) is 0 Å². The van der Waals surface area contributed by atoms with Gasteiger partial charge in [0.25, 0.3) is 0 Å². The Hall–Kier alpha value is -0.866. The monoisotopic (exact) mass is 369 g/mol. The molecule has 0 aromatic heterocycles. The predicted molar refractivity (Wildman–Crippen MR) is 120 cm³/mol. The van der Waals surface area contributed by atoms with E-state index in [4.69, 9.17) is 0 Å². The second-order valence-electron chi connectivity index (χ2n) is 9.82. The van der Waals surface area contributed by atoms with E-state index >= 15 is 0 Å². The molecule has 2 atom stereocenters. The van der Waals surface area contributed by atoms with Crippen LogP contribution in [-0.4, -0.2) is 16.1 Å². The van der Waals surface area contributed by atoms with E-state index in [0.29, 0.717) is 5.54 Å². The fourth-order valence-electron chi connectivity index (χ4n) is 4.45. The van der Waals surface area contributed by atoms with Crippen LogP contribution in [0.15, 0.2) is 34.9 Å². The molecule has 0 amide bonds. The Kier molecular flexibility index (Phi) is 5.22. The van der Waals surface area contributed by atoms with Crippen LogP contribution in [0, 0.1) is 13.0 Å². The zero-order chi connectivity index (χ0) is 19.4. The van der Waals surface area contributed by atoms with Crippen LogP contribution < -0.4 is 10.4 Å². The van der Waals surface area contributed by atoms with Gasteiger partial charge in [0.05, 0.1) is 8.07 Å². The van der Waals surface area contributed by atoms with Gasteiger partial charge in [0.1, 0.15) is 8.07 Å². The first-order valence-corrected chi connectivity index (χ1v) is 15.8. The van der Waals surface area contributed by atoms with Crippen LogP contribution >= 0.6 is 0 Å². The molecule has 0 saturated carbocycles. The average Bonchev–Trinajstić information content (AvgIpc) is 2.69. The molecule has 25 heavy (non-hydrogen) atoms. The maximum Gasteiger partial charge on any atom is 0.101 e. The quantitative estimate of drug-likeness (QED) is 0.563. The summed E-state index contributed by atoms with van der Waals surface area (Å²) in [5, 5.41) is 3.30. The summed E-state index contributed by atoms with van der Waals surface area (Å²) >= 11 is 0. The Morgan fingerprint density at radius 2 is 1.40 bits per heavy atom. The molecule has 0 spiro atoms. The maximum absolute atomic E-state index is 3.94. The summed E-state index contributed by atoms with van der Waals surface area (Å²) in [7, 11) is -3.18. The minimum Gasteiger partial charge on any atom is -0.0656 e. The highest BCUT2D eigenvalue weighted by Crippen LogP contribution is 2.55. The van der Waals surface area contributed by atoms with Crippen LogP contribution in [0.3, 0.4) is 0 Å². The highest BCUT2D eigenvalue weighted by molar-refractivity contribution is 6.96. The number of rotatable bonds is 4. The van der Waals surface area contributed by atoms with Crippen molar-refractivity contribution in [2.24, 2.45) is 0 Å². The molecule has 0 fully saturated rings. The first-order valence-electron chi connectivity index (χ1n) is 9.68. The van der Waals surface area contributed by atoms with E-state index in [1.54, 1.807) is 15.9 Å². The normalized spacial score (nSPS) is 23.9. The van der Waals surface area contributed by atoms with E-state index in [0.717, 1.165) is 0 Å². The first-order chi connectivity index (χ1) is 11.2. The summed E-state index contributed by atoms with van der Waals surface area (Å²) < 4.78 is 0. The average molecular weight is 370 g/mol. The van der Waals surface area contributed by atoms with Gasteiger partial charge in [0.2, 0.25) is 0 Å². The molecule has 2 unspecified atom stereocenters. The van der Waals surface area contributed by atoms with Crippen LogP contribution in [0.4, 0.5) is 0 Å². The lowest BCUT2D eigenvalue weighted by atomic mass is 10.0. The molecular weight excluding hydrogens is 332 g/mol. The summed E-state index contributed by atoms with van der Waals surface area (Å²) in [6.07, 6.45) is 3.94. The van der Waals surface area contributed by atoms with Crippen LogP contribution in [-0.2, 0) is 0 Å². The van der Waals surface area contributed by atoms with Gasteiger partial charge in [-0.3, -0.25) is 0 Å². The largest absolute Gasteiger partial charge is 0.101 e. The van der Waals surface area contributed by atoms with Crippen molar-refractivity contribution in [1.29, 1.82) is 0 Å². The molecule has 137 valence electrons. The first kappa shape index (κ1) is 20.4. The van der Waals surface area contributed by atoms with Gasteiger partial charge < -0.3 is 0 Å². The van der Waals surface area contributed by atoms with Crippen molar-refractivity contribution in [3.63, 3.8) is 0 Å². The standard InChI is InChI=1S/C23H37Si2/c1-16(2)25(11,23(7)15-18(4)19(5)20(23)6)22-13-17(3)12-21(14-22)24(8,9)10/h12-14,16H,1-11H3. The summed E-state index contributed by atoms with van der Waals surface area (Å²) in [4.78, 5) is 0. The van der Waals surface area contributed by atoms with E-state index in [1.807, 2.05) is 0 Å². The second-order valence-corrected chi connectivity index (χ2v) is 20.0. The second kappa shape index (κ2) is 6.38. The van der Waals surface area contributed by atoms with Crippen molar-refractivity contribution in [3.05, 3.63) is 46.6 Å². The third-order valence-electron chi connectivity index (χ3n) is 7.05. The van der Waals surface area contributed by atoms with Gasteiger partial charge in [-0.2, -0.15) is 0 Å². The van der Waals surface area contributed by atoms with E-state index in [-0.39, 0.29) is 5.04 Å². The molecule has 0 N–H and O–H groups in total. The lowest BCUT2D eigenvalue weighted by molar-refractivity contribution is 0.794. The molecule has 1 aromatic rings. The number of benzene rings is 1.